The van der Waals surface area contributed by atoms with E-state index >= 15 is 0 Å². The lowest BCUT2D eigenvalue weighted by Gasteiger charge is -2.23. The Morgan fingerprint density at radius 1 is 1.33 bits per heavy atom. The number of nitrogens with one attached hydrogen (secondary N) is 1. The molecule has 1 aromatic rings. The van der Waals surface area contributed by atoms with Crippen LogP contribution < -0.4 is 5.32 Å². The number of likely N-dealkylation sites (N-methyl/N-ethyl adjacent to an activating group) is 1. The Balaban J connectivity index is 2.42. The minimum atomic E-state index is -0.238. The van der Waals surface area contributed by atoms with Gasteiger partial charge in [-0.2, -0.15) is 0 Å². The van der Waals surface area contributed by atoms with Gasteiger partial charge >= 0.3 is 0 Å². The van der Waals surface area contributed by atoms with Gasteiger partial charge in [-0.15, -0.1) is 0 Å². The molecule has 0 fully saturated rings. The highest BCUT2D eigenvalue weighted by atomic mass is 35.5. The second-order valence-electron chi connectivity index (χ2n) is 5.65. The molecular formula is C14H22ClFN2. The van der Waals surface area contributed by atoms with Crippen LogP contribution in [-0.2, 0) is 6.54 Å². The first kappa shape index (κ1) is 15.4. The van der Waals surface area contributed by atoms with E-state index in [1.165, 1.54) is 6.07 Å². The van der Waals surface area contributed by atoms with Crippen molar-refractivity contribution >= 4 is 11.6 Å². The monoisotopic (exact) mass is 272 g/mol. The summed E-state index contributed by atoms with van der Waals surface area (Å²) < 4.78 is 13.6. The largest absolute Gasteiger partial charge is 0.311 e. The Hall–Kier alpha value is -0.640. The molecule has 4 heteroatoms. The summed E-state index contributed by atoms with van der Waals surface area (Å²) in [5, 5.41) is 3.84. The van der Waals surface area contributed by atoms with Crippen molar-refractivity contribution in [3.63, 3.8) is 0 Å². The first-order valence-corrected chi connectivity index (χ1v) is 6.53. The van der Waals surface area contributed by atoms with E-state index in [1.54, 1.807) is 12.1 Å². The summed E-state index contributed by atoms with van der Waals surface area (Å²) >= 11 is 5.72. The summed E-state index contributed by atoms with van der Waals surface area (Å²) in [6.45, 7) is 8.74. The number of rotatable bonds is 5. The maximum atomic E-state index is 13.6. The summed E-state index contributed by atoms with van der Waals surface area (Å²) in [5.41, 5.74) is 0.796. The van der Waals surface area contributed by atoms with Crippen LogP contribution in [0.1, 0.15) is 26.3 Å². The molecule has 1 rings (SSSR count). The van der Waals surface area contributed by atoms with Crippen molar-refractivity contribution in [1.29, 1.82) is 0 Å². The van der Waals surface area contributed by atoms with Crippen molar-refractivity contribution in [2.24, 2.45) is 0 Å². The first-order chi connectivity index (χ1) is 8.28. The fourth-order valence-electron chi connectivity index (χ4n) is 1.64. The minimum Gasteiger partial charge on any atom is -0.311 e. The van der Waals surface area contributed by atoms with Gasteiger partial charge in [0.15, 0.2) is 0 Å². The van der Waals surface area contributed by atoms with E-state index in [1.807, 2.05) is 7.05 Å². The summed E-state index contributed by atoms with van der Waals surface area (Å²) in [7, 11) is 1.98. The SMILES string of the molecule is CN(CCNC(C)(C)C)Cc1ccc(Cl)cc1F. The van der Waals surface area contributed by atoms with Gasteiger partial charge in [-0.25, -0.2) is 4.39 Å². The second-order valence-corrected chi connectivity index (χ2v) is 6.09. The fraction of sp³-hybridized carbons (Fsp3) is 0.571. The van der Waals surface area contributed by atoms with Crippen molar-refractivity contribution in [2.75, 3.05) is 20.1 Å². The molecule has 0 aromatic heterocycles. The van der Waals surface area contributed by atoms with Crippen molar-refractivity contribution in [3.8, 4) is 0 Å². The molecule has 0 spiro atoms. The third-order valence-electron chi connectivity index (χ3n) is 2.60. The summed E-state index contributed by atoms with van der Waals surface area (Å²) in [6, 6.07) is 4.82. The molecule has 0 aliphatic carbocycles. The Morgan fingerprint density at radius 3 is 2.56 bits per heavy atom. The summed E-state index contributed by atoms with van der Waals surface area (Å²) in [6.07, 6.45) is 0. The molecule has 102 valence electrons. The maximum Gasteiger partial charge on any atom is 0.129 e. The Kier molecular flexibility index (Phi) is 5.57. The molecule has 0 unspecified atom stereocenters. The Morgan fingerprint density at radius 2 is 2.00 bits per heavy atom. The molecule has 0 atom stereocenters. The summed E-state index contributed by atoms with van der Waals surface area (Å²) in [4.78, 5) is 2.09. The zero-order chi connectivity index (χ0) is 13.8. The minimum absolute atomic E-state index is 0.117. The smallest absolute Gasteiger partial charge is 0.129 e. The molecule has 0 saturated heterocycles. The van der Waals surface area contributed by atoms with Crippen LogP contribution >= 0.6 is 11.6 Å². The molecule has 1 N–H and O–H groups in total. The number of hydrogen-bond donors (Lipinski definition) is 1. The van der Waals surface area contributed by atoms with Crippen LogP contribution in [0, 0.1) is 5.82 Å². The number of hydrogen-bond acceptors (Lipinski definition) is 2. The lowest BCUT2D eigenvalue weighted by atomic mass is 10.1. The molecule has 0 aliphatic rings. The highest BCUT2D eigenvalue weighted by Gasteiger charge is 2.10. The molecule has 0 aliphatic heterocycles. The van der Waals surface area contributed by atoms with E-state index in [2.05, 4.69) is 31.0 Å². The van der Waals surface area contributed by atoms with E-state index in [4.69, 9.17) is 11.6 Å². The van der Waals surface area contributed by atoms with Crippen LogP contribution in [0.4, 0.5) is 4.39 Å². The molecule has 2 nitrogen and oxygen atoms in total. The van der Waals surface area contributed by atoms with Gasteiger partial charge in [-0.05, 0) is 40.0 Å². The van der Waals surface area contributed by atoms with Crippen molar-refractivity contribution in [1.82, 2.24) is 10.2 Å². The number of benzene rings is 1. The fourth-order valence-corrected chi connectivity index (χ4v) is 1.80. The van der Waals surface area contributed by atoms with E-state index in [9.17, 15) is 4.39 Å². The predicted octanol–water partition coefficient (Wildman–Crippen LogP) is 3.30. The van der Waals surface area contributed by atoms with Crippen LogP contribution in [0.15, 0.2) is 18.2 Å². The zero-order valence-corrected chi connectivity index (χ0v) is 12.3. The average molecular weight is 273 g/mol. The van der Waals surface area contributed by atoms with Gasteiger partial charge in [0.1, 0.15) is 5.82 Å². The van der Waals surface area contributed by atoms with Gasteiger partial charge in [0.05, 0.1) is 0 Å². The van der Waals surface area contributed by atoms with Gasteiger partial charge in [0.2, 0.25) is 0 Å². The van der Waals surface area contributed by atoms with E-state index < -0.39 is 0 Å². The van der Waals surface area contributed by atoms with Crippen molar-refractivity contribution in [2.45, 2.75) is 32.9 Å². The summed E-state index contributed by atoms with van der Waals surface area (Å²) in [5.74, 6) is -0.238. The molecule has 0 radical (unpaired) electrons. The lowest BCUT2D eigenvalue weighted by Crippen LogP contribution is -2.40. The van der Waals surface area contributed by atoms with Crippen LogP contribution in [0.3, 0.4) is 0 Å². The maximum absolute atomic E-state index is 13.6. The predicted molar refractivity (Wildman–Crippen MR) is 75.5 cm³/mol. The van der Waals surface area contributed by atoms with Crippen LogP contribution in [0.25, 0.3) is 0 Å². The normalized spacial score (nSPS) is 12.2. The molecule has 0 heterocycles. The van der Waals surface area contributed by atoms with Crippen LogP contribution in [0.2, 0.25) is 5.02 Å². The van der Waals surface area contributed by atoms with E-state index in [0.29, 0.717) is 17.1 Å². The zero-order valence-electron chi connectivity index (χ0n) is 11.6. The second kappa shape index (κ2) is 6.50. The third kappa shape index (κ3) is 5.80. The van der Waals surface area contributed by atoms with Gasteiger partial charge in [0.25, 0.3) is 0 Å². The van der Waals surface area contributed by atoms with Gasteiger partial charge in [-0.1, -0.05) is 17.7 Å². The Labute approximate surface area is 114 Å². The van der Waals surface area contributed by atoms with Crippen molar-refractivity contribution < 1.29 is 4.39 Å². The number of halogens is 2. The van der Waals surface area contributed by atoms with Crippen molar-refractivity contribution in [3.05, 3.63) is 34.6 Å². The molecule has 0 amide bonds. The standard InChI is InChI=1S/C14H22ClFN2/c1-14(2,3)17-7-8-18(4)10-11-5-6-12(15)9-13(11)16/h5-6,9,17H,7-8,10H2,1-4H3. The molecule has 18 heavy (non-hydrogen) atoms. The highest BCUT2D eigenvalue weighted by molar-refractivity contribution is 6.30. The Bertz CT molecular complexity index is 388. The van der Waals surface area contributed by atoms with Gasteiger partial charge < -0.3 is 10.2 Å². The lowest BCUT2D eigenvalue weighted by molar-refractivity contribution is 0.299. The third-order valence-corrected chi connectivity index (χ3v) is 2.84. The molecule has 1 aromatic carbocycles. The first-order valence-electron chi connectivity index (χ1n) is 6.15. The quantitative estimate of drug-likeness (QED) is 0.885. The van der Waals surface area contributed by atoms with Gasteiger partial charge in [0, 0.05) is 35.8 Å². The highest BCUT2D eigenvalue weighted by Crippen LogP contribution is 2.15. The van der Waals surface area contributed by atoms with Crippen LogP contribution in [-0.4, -0.2) is 30.6 Å². The van der Waals surface area contributed by atoms with Gasteiger partial charge in [-0.3, -0.25) is 0 Å². The van der Waals surface area contributed by atoms with E-state index in [0.717, 1.165) is 13.1 Å². The van der Waals surface area contributed by atoms with Crippen LogP contribution in [0.5, 0.6) is 0 Å². The molecular weight excluding hydrogens is 251 g/mol. The molecule has 0 bridgehead atoms. The topological polar surface area (TPSA) is 15.3 Å². The number of nitrogens with zero attached hydrogens (tertiary/aromatic N) is 1. The van der Waals surface area contributed by atoms with E-state index in [-0.39, 0.29) is 11.4 Å². The average Bonchev–Trinajstić information content (AvgIpc) is 2.20. The molecule has 0 saturated carbocycles.